The van der Waals surface area contributed by atoms with Gasteiger partial charge in [0.1, 0.15) is 0 Å². The van der Waals surface area contributed by atoms with Crippen LogP contribution in [0.1, 0.15) is 12.6 Å². The minimum Gasteiger partial charge on any atom is -0.356 e. The lowest BCUT2D eigenvalue weighted by Crippen LogP contribution is -2.24. The summed E-state index contributed by atoms with van der Waals surface area (Å²) < 4.78 is 0. The topological polar surface area (TPSA) is 42.0 Å². The van der Waals surface area contributed by atoms with Crippen molar-refractivity contribution in [1.29, 1.82) is 0 Å². The first-order valence-electron chi connectivity index (χ1n) is 5.51. The van der Waals surface area contributed by atoms with Crippen molar-refractivity contribution in [1.82, 2.24) is 10.3 Å². The molecule has 2 rings (SSSR count). The molecule has 88 valence electrons. The summed E-state index contributed by atoms with van der Waals surface area (Å²) in [4.78, 5) is 15.9. The van der Waals surface area contributed by atoms with E-state index in [9.17, 15) is 4.79 Å². The lowest BCUT2D eigenvalue weighted by molar-refractivity contribution is -0.120. The third-order valence-corrected chi connectivity index (χ3v) is 2.66. The van der Waals surface area contributed by atoms with Crippen LogP contribution in [-0.4, -0.2) is 17.4 Å². The molecule has 3 nitrogen and oxygen atoms in total. The minimum atomic E-state index is -0.0126. The molecule has 0 radical (unpaired) electrons. The Labute approximate surface area is 105 Å². The number of pyridine rings is 1. The van der Waals surface area contributed by atoms with Gasteiger partial charge < -0.3 is 5.32 Å². The largest absolute Gasteiger partial charge is 0.356 e. The SMILES string of the molecule is CCNC(=O)Cc1ccc2ccc(Cl)cc2n1. The van der Waals surface area contributed by atoms with E-state index in [0.717, 1.165) is 16.6 Å². The Morgan fingerprint density at radius 1 is 1.35 bits per heavy atom. The number of fused-ring (bicyclic) bond motifs is 1. The van der Waals surface area contributed by atoms with Gasteiger partial charge in [0.05, 0.1) is 17.6 Å². The van der Waals surface area contributed by atoms with Crippen LogP contribution in [0.25, 0.3) is 10.9 Å². The Kier molecular flexibility index (Phi) is 3.59. The molecule has 1 amide bonds. The van der Waals surface area contributed by atoms with Gasteiger partial charge in [-0.05, 0) is 25.1 Å². The zero-order valence-electron chi connectivity index (χ0n) is 9.53. The van der Waals surface area contributed by atoms with Crippen molar-refractivity contribution in [2.45, 2.75) is 13.3 Å². The molecule has 0 saturated heterocycles. The Bertz CT molecular complexity index is 554. The van der Waals surface area contributed by atoms with Gasteiger partial charge in [-0.3, -0.25) is 9.78 Å². The first-order valence-corrected chi connectivity index (χ1v) is 5.88. The number of halogens is 1. The molecule has 2 aromatic rings. The highest BCUT2D eigenvalue weighted by Gasteiger charge is 2.04. The Balaban J connectivity index is 2.27. The van der Waals surface area contributed by atoms with Crippen molar-refractivity contribution in [3.05, 3.63) is 41.0 Å². The van der Waals surface area contributed by atoms with E-state index in [-0.39, 0.29) is 5.91 Å². The summed E-state index contributed by atoms with van der Waals surface area (Å²) in [5.74, 6) is -0.0126. The van der Waals surface area contributed by atoms with Crippen LogP contribution in [-0.2, 0) is 11.2 Å². The maximum Gasteiger partial charge on any atom is 0.226 e. The molecule has 0 fully saturated rings. The zero-order valence-corrected chi connectivity index (χ0v) is 10.3. The number of benzene rings is 1. The van der Waals surface area contributed by atoms with Gasteiger partial charge >= 0.3 is 0 Å². The molecular formula is C13H13ClN2O. The molecule has 0 aliphatic heterocycles. The first-order chi connectivity index (χ1) is 8.19. The third-order valence-electron chi connectivity index (χ3n) is 2.43. The van der Waals surface area contributed by atoms with Crippen LogP contribution in [0.4, 0.5) is 0 Å². The number of hydrogen-bond acceptors (Lipinski definition) is 2. The smallest absolute Gasteiger partial charge is 0.226 e. The summed E-state index contributed by atoms with van der Waals surface area (Å²) in [6.45, 7) is 2.53. The number of rotatable bonds is 3. The van der Waals surface area contributed by atoms with Gasteiger partial charge in [-0.25, -0.2) is 0 Å². The van der Waals surface area contributed by atoms with Crippen LogP contribution in [0.2, 0.25) is 5.02 Å². The van der Waals surface area contributed by atoms with Crippen LogP contribution in [0.3, 0.4) is 0 Å². The van der Waals surface area contributed by atoms with Crippen molar-refractivity contribution in [3.8, 4) is 0 Å². The molecule has 0 aliphatic carbocycles. The number of hydrogen-bond donors (Lipinski definition) is 1. The van der Waals surface area contributed by atoms with E-state index >= 15 is 0 Å². The molecule has 4 heteroatoms. The van der Waals surface area contributed by atoms with E-state index in [1.807, 2.05) is 31.2 Å². The summed E-state index contributed by atoms with van der Waals surface area (Å²) in [6.07, 6.45) is 0.302. The van der Waals surface area contributed by atoms with Gasteiger partial charge in [-0.2, -0.15) is 0 Å². The quantitative estimate of drug-likeness (QED) is 0.907. The fraction of sp³-hybridized carbons (Fsp3) is 0.231. The second kappa shape index (κ2) is 5.15. The van der Waals surface area contributed by atoms with Crippen molar-refractivity contribution in [2.75, 3.05) is 6.54 Å². The summed E-state index contributed by atoms with van der Waals surface area (Å²) in [7, 11) is 0. The van der Waals surface area contributed by atoms with Gasteiger partial charge in [0.2, 0.25) is 5.91 Å². The molecule has 0 spiro atoms. The minimum absolute atomic E-state index is 0.0126. The van der Waals surface area contributed by atoms with Crippen molar-refractivity contribution in [2.24, 2.45) is 0 Å². The summed E-state index contributed by atoms with van der Waals surface area (Å²) in [5.41, 5.74) is 1.57. The molecule has 0 unspecified atom stereocenters. The highest BCUT2D eigenvalue weighted by atomic mass is 35.5. The monoisotopic (exact) mass is 248 g/mol. The number of nitrogens with one attached hydrogen (secondary N) is 1. The maximum absolute atomic E-state index is 11.4. The van der Waals surface area contributed by atoms with Crippen LogP contribution in [0.15, 0.2) is 30.3 Å². The van der Waals surface area contributed by atoms with E-state index in [0.29, 0.717) is 18.0 Å². The first kappa shape index (κ1) is 11.9. The normalized spacial score (nSPS) is 10.5. The standard InChI is InChI=1S/C13H13ClN2O/c1-2-15-13(17)8-11-6-4-9-3-5-10(14)7-12(9)16-11/h3-7H,2,8H2,1H3,(H,15,17). The number of aromatic nitrogens is 1. The molecule has 1 aromatic carbocycles. The second-order valence-corrected chi connectivity index (χ2v) is 4.21. The third kappa shape index (κ3) is 2.94. The van der Waals surface area contributed by atoms with E-state index in [4.69, 9.17) is 11.6 Å². The van der Waals surface area contributed by atoms with E-state index in [2.05, 4.69) is 10.3 Å². The molecule has 0 atom stereocenters. The highest BCUT2D eigenvalue weighted by Crippen LogP contribution is 2.18. The molecule has 17 heavy (non-hydrogen) atoms. The number of nitrogens with zero attached hydrogens (tertiary/aromatic N) is 1. The van der Waals surface area contributed by atoms with Crippen molar-refractivity contribution < 1.29 is 4.79 Å². The van der Waals surface area contributed by atoms with E-state index < -0.39 is 0 Å². The number of amides is 1. The van der Waals surface area contributed by atoms with Crippen molar-refractivity contribution in [3.63, 3.8) is 0 Å². The average molecular weight is 249 g/mol. The predicted octanol–water partition coefficient (Wildman–Crippen LogP) is 2.57. The van der Waals surface area contributed by atoms with Gasteiger partial charge in [0.15, 0.2) is 0 Å². The molecular weight excluding hydrogens is 236 g/mol. The van der Waals surface area contributed by atoms with Crippen LogP contribution >= 0.6 is 11.6 Å². The molecule has 1 N–H and O–H groups in total. The number of likely N-dealkylation sites (N-methyl/N-ethyl adjacent to an activating group) is 1. The highest BCUT2D eigenvalue weighted by molar-refractivity contribution is 6.31. The molecule has 0 aliphatic rings. The summed E-state index contributed by atoms with van der Waals surface area (Å²) >= 11 is 5.91. The van der Waals surface area contributed by atoms with Gasteiger partial charge in [0, 0.05) is 17.0 Å². The molecule has 0 bridgehead atoms. The van der Waals surface area contributed by atoms with Crippen molar-refractivity contribution >= 4 is 28.4 Å². The van der Waals surface area contributed by atoms with Gasteiger partial charge in [-0.15, -0.1) is 0 Å². The Morgan fingerprint density at radius 2 is 2.12 bits per heavy atom. The van der Waals surface area contributed by atoms with E-state index in [1.54, 1.807) is 6.07 Å². The lowest BCUT2D eigenvalue weighted by Gasteiger charge is -2.03. The summed E-state index contributed by atoms with van der Waals surface area (Å²) in [6, 6.07) is 9.37. The fourth-order valence-corrected chi connectivity index (χ4v) is 1.82. The van der Waals surface area contributed by atoms with Crippen LogP contribution in [0, 0.1) is 0 Å². The van der Waals surface area contributed by atoms with Gasteiger partial charge in [0.25, 0.3) is 0 Å². The number of carbonyl (C=O) groups is 1. The molecule has 1 heterocycles. The van der Waals surface area contributed by atoms with Crippen LogP contribution in [0.5, 0.6) is 0 Å². The Morgan fingerprint density at radius 3 is 2.88 bits per heavy atom. The second-order valence-electron chi connectivity index (χ2n) is 3.77. The number of carbonyl (C=O) groups excluding carboxylic acids is 1. The van der Waals surface area contributed by atoms with Crippen LogP contribution < -0.4 is 5.32 Å². The van der Waals surface area contributed by atoms with E-state index in [1.165, 1.54) is 0 Å². The fourth-order valence-electron chi connectivity index (χ4n) is 1.66. The lowest BCUT2D eigenvalue weighted by atomic mass is 10.2. The van der Waals surface area contributed by atoms with Gasteiger partial charge in [-0.1, -0.05) is 23.7 Å². The zero-order chi connectivity index (χ0) is 12.3. The Hall–Kier alpha value is -1.61. The molecule has 1 aromatic heterocycles. The predicted molar refractivity (Wildman–Crippen MR) is 69.1 cm³/mol. The maximum atomic E-state index is 11.4. The summed E-state index contributed by atoms with van der Waals surface area (Å²) in [5, 5.41) is 4.42. The molecule has 0 saturated carbocycles. The average Bonchev–Trinajstić information content (AvgIpc) is 2.28.